The van der Waals surface area contributed by atoms with Gasteiger partial charge in [-0.1, -0.05) is 13.8 Å². The predicted molar refractivity (Wildman–Crippen MR) is 104 cm³/mol. The number of rotatable bonds is 4. The second kappa shape index (κ2) is 8.00. The molecule has 2 aromatic heterocycles. The lowest BCUT2D eigenvalue weighted by Crippen LogP contribution is -2.44. The van der Waals surface area contributed by atoms with Gasteiger partial charge in [0.15, 0.2) is 11.9 Å². The van der Waals surface area contributed by atoms with Gasteiger partial charge >= 0.3 is 6.03 Å². The second-order valence-corrected chi connectivity index (χ2v) is 7.19. The fourth-order valence-electron chi connectivity index (χ4n) is 2.97. The molecule has 1 fully saturated rings. The van der Waals surface area contributed by atoms with Crippen molar-refractivity contribution in [1.29, 1.82) is 0 Å². The number of aromatic nitrogens is 5. The lowest BCUT2D eigenvalue weighted by atomic mass is 10.2. The number of anilines is 1. The highest BCUT2D eigenvalue weighted by Crippen LogP contribution is 2.24. The molecule has 10 heteroatoms. The maximum atomic E-state index is 12.7. The average Bonchev–Trinajstić information content (AvgIpc) is 3.38. The van der Waals surface area contributed by atoms with E-state index in [0.29, 0.717) is 43.0 Å². The molecule has 0 bridgehead atoms. The maximum Gasteiger partial charge on any atom is 0.322 e. The van der Waals surface area contributed by atoms with Crippen molar-refractivity contribution in [3.8, 4) is 11.4 Å². The topological polar surface area (TPSA) is 111 Å². The number of aryl methyl sites for hydroxylation is 1. The largest absolute Gasteiger partial charge is 0.422 e. The fourth-order valence-corrected chi connectivity index (χ4v) is 2.97. The number of carbonyl (C=O) groups is 1. The van der Waals surface area contributed by atoms with Crippen molar-refractivity contribution in [2.24, 2.45) is 7.05 Å². The van der Waals surface area contributed by atoms with E-state index >= 15 is 0 Å². The molecule has 1 atom stereocenters. The van der Waals surface area contributed by atoms with Crippen molar-refractivity contribution in [3.63, 3.8) is 0 Å². The van der Waals surface area contributed by atoms with Crippen LogP contribution in [0.4, 0.5) is 10.5 Å². The average molecular weight is 397 g/mol. The number of hydrogen-bond donors (Lipinski definition) is 1. The van der Waals surface area contributed by atoms with Crippen LogP contribution in [0, 0.1) is 0 Å². The van der Waals surface area contributed by atoms with Crippen LogP contribution in [-0.2, 0) is 11.8 Å². The first-order chi connectivity index (χ1) is 14.0. The second-order valence-electron chi connectivity index (χ2n) is 7.19. The highest BCUT2D eigenvalue weighted by Gasteiger charge is 2.29. The Kier molecular flexibility index (Phi) is 5.26. The number of carbonyl (C=O) groups excluding carboxylic acids is 1. The van der Waals surface area contributed by atoms with Gasteiger partial charge in [-0.15, -0.1) is 10.2 Å². The van der Waals surface area contributed by atoms with Gasteiger partial charge < -0.3 is 19.4 Å². The van der Waals surface area contributed by atoms with Gasteiger partial charge in [-0.25, -0.2) is 9.78 Å². The van der Waals surface area contributed by atoms with Crippen LogP contribution >= 0.6 is 0 Å². The van der Waals surface area contributed by atoms with E-state index in [4.69, 9.17) is 9.15 Å². The number of benzene rings is 1. The molecule has 1 unspecified atom stereocenters. The minimum atomic E-state index is -0.424. The Labute approximate surface area is 167 Å². The van der Waals surface area contributed by atoms with E-state index in [2.05, 4.69) is 25.6 Å². The SMILES string of the molecule is CC(C)c1nnc(C2CN(C(=O)Nc3ccc(-c4ncn(C)n4)cc3)CCO2)o1. The summed E-state index contributed by atoms with van der Waals surface area (Å²) in [5, 5.41) is 15.3. The third kappa shape index (κ3) is 4.27. The van der Waals surface area contributed by atoms with Crippen molar-refractivity contribution in [3.05, 3.63) is 42.4 Å². The summed E-state index contributed by atoms with van der Waals surface area (Å²) in [6.45, 7) is 5.20. The normalized spacial score (nSPS) is 17.0. The van der Waals surface area contributed by atoms with Crippen LogP contribution in [0.25, 0.3) is 11.4 Å². The summed E-state index contributed by atoms with van der Waals surface area (Å²) in [5.74, 6) is 1.75. The summed E-state index contributed by atoms with van der Waals surface area (Å²) >= 11 is 0. The number of amides is 2. The number of nitrogens with one attached hydrogen (secondary N) is 1. The smallest absolute Gasteiger partial charge is 0.322 e. The lowest BCUT2D eigenvalue weighted by molar-refractivity contribution is -0.0276. The zero-order valence-corrected chi connectivity index (χ0v) is 16.6. The van der Waals surface area contributed by atoms with Crippen LogP contribution in [0.1, 0.15) is 37.7 Å². The Morgan fingerprint density at radius 3 is 2.69 bits per heavy atom. The molecule has 1 aliphatic heterocycles. The van der Waals surface area contributed by atoms with Gasteiger partial charge in [0.05, 0.1) is 13.2 Å². The molecule has 0 spiro atoms. The van der Waals surface area contributed by atoms with Crippen LogP contribution in [0.5, 0.6) is 0 Å². The minimum Gasteiger partial charge on any atom is -0.422 e. The van der Waals surface area contributed by atoms with Crippen LogP contribution in [0.3, 0.4) is 0 Å². The van der Waals surface area contributed by atoms with E-state index < -0.39 is 6.10 Å². The fraction of sp³-hybridized carbons (Fsp3) is 0.421. The van der Waals surface area contributed by atoms with Crippen molar-refractivity contribution < 1.29 is 13.9 Å². The Balaban J connectivity index is 1.38. The number of hydrogen-bond acceptors (Lipinski definition) is 7. The summed E-state index contributed by atoms with van der Waals surface area (Å²) < 4.78 is 13.0. The van der Waals surface area contributed by atoms with Gasteiger partial charge in [0.2, 0.25) is 11.8 Å². The molecule has 0 saturated carbocycles. The van der Waals surface area contributed by atoms with Crippen molar-refractivity contribution in [2.75, 3.05) is 25.0 Å². The highest BCUT2D eigenvalue weighted by molar-refractivity contribution is 5.89. The third-order valence-electron chi connectivity index (χ3n) is 4.57. The van der Waals surface area contributed by atoms with Crippen LogP contribution in [0.15, 0.2) is 35.0 Å². The Bertz CT molecular complexity index is 980. The highest BCUT2D eigenvalue weighted by atomic mass is 16.5. The molecule has 1 aliphatic rings. The molecular weight excluding hydrogens is 374 g/mol. The Morgan fingerprint density at radius 1 is 1.24 bits per heavy atom. The van der Waals surface area contributed by atoms with Gasteiger partial charge in [0, 0.05) is 30.8 Å². The molecule has 0 radical (unpaired) electrons. The summed E-state index contributed by atoms with van der Waals surface area (Å²) in [6.07, 6.45) is 1.22. The molecule has 3 heterocycles. The van der Waals surface area contributed by atoms with Gasteiger partial charge in [-0.2, -0.15) is 5.10 Å². The van der Waals surface area contributed by atoms with Crippen molar-refractivity contribution >= 4 is 11.7 Å². The summed E-state index contributed by atoms with van der Waals surface area (Å²) in [6, 6.07) is 7.20. The third-order valence-corrected chi connectivity index (χ3v) is 4.57. The molecule has 29 heavy (non-hydrogen) atoms. The zero-order valence-electron chi connectivity index (χ0n) is 16.6. The first-order valence-corrected chi connectivity index (χ1v) is 9.46. The first kappa shape index (κ1) is 19.1. The maximum absolute atomic E-state index is 12.7. The molecule has 152 valence electrons. The lowest BCUT2D eigenvalue weighted by Gasteiger charge is -2.31. The van der Waals surface area contributed by atoms with Crippen LogP contribution in [0.2, 0.25) is 0 Å². The standard InChI is InChI=1S/C19H23N7O3/c1-12(2)17-22-23-18(29-17)15-10-26(8-9-28-15)19(27)21-14-6-4-13(5-7-14)16-20-11-25(3)24-16/h4-7,11-12,15H,8-10H2,1-3H3,(H,21,27). The molecule has 4 rings (SSSR count). The molecule has 1 N–H and O–H groups in total. The number of morpholine rings is 1. The molecule has 10 nitrogen and oxygen atoms in total. The monoisotopic (exact) mass is 397 g/mol. The van der Waals surface area contributed by atoms with Crippen molar-refractivity contribution in [2.45, 2.75) is 25.9 Å². The summed E-state index contributed by atoms with van der Waals surface area (Å²) in [7, 11) is 1.82. The molecular formula is C19H23N7O3. The first-order valence-electron chi connectivity index (χ1n) is 9.46. The van der Waals surface area contributed by atoms with E-state index in [1.807, 2.05) is 45.2 Å². The molecule has 0 aliphatic carbocycles. The molecule has 1 saturated heterocycles. The van der Waals surface area contributed by atoms with E-state index in [9.17, 15) is 4.79 Å². The van der Waals surface area contributed by atoms with E-state index in [1.165, 1.54) is 0 Å². The minimum absolute atomic E-state index is 0.142. The molecule has 1 aromatic carbocycles. The Morgan fingerprint density at radius 2 is 2.03 bits per heavy atom. The van der Waals surface area contributed by atoms with Gasteiger partial charge in [0.1, 0.15) is 6.33 Å². The van der Waals surface area contributed by atoms with Crippen LogP contribution in [-0.4, -0.2) is 55.6 Å². The van der Waals surface area contributed by atoms with E-state index in [1.54, 1.807) is 15.9 Å². The van der Waals surface area contributed by atoms with Gasteiger partial charge in [-0.3, -0.25) is 4.68 Å². The zero-order chi connectivity index (χ0) is 20.4. The summed E-state index contributed by atoms with van der Waals surface area (Å²) in [4.78, 5) is 18.6. The number of ether oxygens (including phenoxy) is 1. The van der Waals surface area contributed by atoms with Gasteiger partial charge in [0.25, 0.3) is 0 Å². The molecule has 3 aromatic rings. The number of nitrogens with zero attached hydrogens (tertiary/aromatic N) is 6. The summed E-state index contributed by atoms with van der Waals surface area (Å²) in [5.41, 5.74) is 1.57. The van der Waals surface area contributed by atoms with Gasteiger partial charge in [-0.05, 0) is 24.3 Å². The van der Waals surface area contributed by atoms with Crippen LogP contribution < -0.4 is 5.32 Å². The molecule has 2 amide bonds. The predicted octanol–water partition coefficient (Wildman–Crippen LogP) is 2.59. The van der Waals surface area contributed by atoms with E-state index in [-0.39, 0.29) is 11.9 Å². The van der Waals surface area contributed by atoms with Crippen molar-refractivity contribution in [1.82, 2.24) is 29.9 Å². The Hall–Kier alpha value is -3.27. The quantitative estimate of drug-likeness (QED) is 0.720. The number of urea groups is 1. The van der Waals surface area contributed by atoms with E-state index in [0.717, 1.165) is 5.56 Å².